The molecule has 0 bridgehead atoms. The van der Waals surface area contributed by atoms with Crippen LogP contribution in [0.5, 0.6) is 0 Å². The van der Waals surface area contributed by atoms with Gasteiger partial charge in [0.15, 0.2) is 0 Å². The predicted octanol–water partition coefficient (Wildman–Crippen LogP) is 1.30. The van der Waals surface area contributed by atoms with Crippen molar-refractivity contribution >= 4 is 5.91 Å². The summed E-state index contributed by atoms with van der Waals surface area (Å²) in [5, 5.41) is 20.2. The summed E-state index contributed by atoms with van der Waals surface area (Å²) >= 11 is 0. The summed E-state index contributed by atoms with van der Waals surface area (Å²) in [5.41, 5.74) is 1.50. The molecule has 1 fully saturated rings. The van der Waals surface area contributed by atoms with Gasteiger partial charge in [-0.2, -0.15) is 0 Å². The van der Waals surface area contributed by atoms with Crippen LogP contribution in [0.3, 0.4) is 0 Å². The van der Waals surface area contributed by atoms with Gasteiger partial charge in [-0.1, -0.05) is 5.21 Å². The molecule has 2 N–H and O–H groups in total. The molecule has 0 spiro atoms. The van der Waals surface area contributed by atoms with Crippen molar-refractivity contribution in [1.82, 2.24) is 20.3 Å². The first-order valence-electron chi connectivity index (χ1n) is 7.18. The molecule has 0 atom stereocenters. The first-order valence-corrected chi connectivity index (χ1v) is 7.18. The molecule has 1 saturated carbocycles. The lowest BCUT2D eigenvalue weighted by atomic mass is 9.93. The van der Waals surface area contributed by atoms with E-state index in [1.165, 1.54) is 0 Å². The minimum Gasteiger partial charge on any atom is -0.393 e. The molecule has 0 aliphatic heterocycles. The quantitative estimate of drug-likeness (QED) is 0.891. The van der Waals surface area contributed by atoms with Crippen LogP contribution in [0, 0.1) is 0 Å². The smallest absolute Gasteiger partial charge is 0.251 e. The van der Waals surface area contributed by atoms with Gasteiger partial charge in [0, 0.05) is 11.6 Å². The van der Waals surface area contributed by atoms with Gasteiger partial charge in [-0.25, -0.2) is 4.68 Å². The van der Waals surface area contributed by atoms with E-state index in [2.05, 4.69) is 15.6 Å². The minimum absolute atomic E-state index is 0.0680. The summed E-state index contributed by atoms with van der Waals surface area (Å²) in [5.74, 6) is -0.0680. The Kier molecular flexibility index (Phi) is 3.96. The standard InChI is InChI=1S/C15H18N4O2/c20-14-7-3-12(4-8-14)17-15(21)11-1-5-13(6-2-11)19-10-9-16-18-19/h1-2,5-6,9-10,12,14,20H,3-4,7-8H2,(H,17,21). The second kappa shape index (κ2) is 6.05. The van der Waals surface area contributed by atoms with Crippen LogP contribution < -0.4 is 5.32 Å². The maximum Gasteiger partial charge on any atom is 0.251 e. The number of rotatable bonds is 3. The van der Waals surface area contributed by atoms with Crippen molar-refractivity contribution < 1.29 is 9.90 Å². The Morgan fingerprint density at radius 1 is 1.19 bits per heavy atom. The van der Waals surface area contributed by atoms with E-state index >= 15 is 0 Å². The van der Waals surface area contributed by atoms with E-state index in [0.717, 1.165) is 31.4 Å². The summed E-state index contributed by atoms with van der Waals surface area (Å²) in [6.45, 7) is 0. The summed E-state index contributed by atoms with van der Waals surface area (Å²) in [7, 11) is 0. The van der Waals surface area contributed by atoms with Gasteiger partial charge < -0.3 is 10.4 Å². The summed E-state index contributed by atoms with van der Waals surface area (Å²) in [6.07, 6.45) is 6.35. The third-order valence-corrected chi connectivity index (χ3v) is 3.85. The fourth-order valence-electron chi connectivity index (χ4n) is 2.60. The largest absolute Gasteiger partial charge is 0.393 e. The zero-order valence-corrected chi connectivity index (χ0v) is 11.6. The summed E-state index contributed by atoms with van der Waals surface area (Å²) in [6, 6.07) is 7.41. The fraction of sp³-hybridized carbons (Fsp3) is 0.400. The van der Waals surface area contributed by atoms with E-state index in [1.54, 1.807) is 29.2 Å². The van der Waals surface area contributed by atoms with E-state index < -0.39 is 0 Å². The van der Waals surface area contributed by atoms with Crippen molar-refractivity contribution in [3.8, 4) is 5.69 Å². The lowest BCUT2D eigenvalue weighted by molar-refractivity contribution is 0.0867. The van der Waals surface area contributed by atoms with Crippen LogP contribution in [0.2, 0.25) is 0 Å². The first kappa shape index (κ1) is 13.8. The highest BCUT2D eigenvalue weighted by Crippen LogP contribution is 2.19. The van der Waals surface area contributed by atoms with E-state index in [1.807, 2.05) is 12.1 Å². The molecule has 0 saturated heterocycles. The van der Waals surface area contributed by atoms with Gasteiger partial charge in [-0.3, -0.25) is 4.79 Å². The van der Waals surface area contributed by atoms with E-state index in [-0.39, 0.29) is 18.1 Å². The highest BCUT2D eigenvalue weighted by atomic mass is 16.3. The second-order valence-electron chi connectivity index (χ2n) is 5.37. The number of aromatic nitrogens is 3. The highest BCUT2D eigenvalue weighted by molar-refractivity contribution is 5.94. The number of carbonyl (C=O) groups is 1. The van der Waals surface area contributed by atoms with Crippen LogP contribution in [0.4, 0.5) is 0 Å². The lowest BCUT2D eigenvalue weighted by Crippen LogP contribution is -2.38. The van der Waals surface area contributed by atoms with Gasteiger partial charge in [-0.15, -0.1) is 5.10 Å². The third-order valence-electron chi connectivity index (χ3n) is 3.85. The van der Waals surface area contributed by atoms with Crippen molar-refractivity contribution in [2.75, 3.05) is 0 Å². The number of benzene rings is 1. The molecule has 6 nitrogen and oxygen atoms in total. The monoisotopic (exact) mass is 286 g/mol. The Morgan fingerprint density at radius 2 is 1.90 bits per heavy atom. The molecular weight excluding hydrogens is 268 g/mol. The van der Waals surface area contributed by atoms with Crippen LogP contribution >= 0.6 is 0 Å². The van der Waals surface area contributed by atoms with Crippen LogP contribution in [-0.4, -0.2) is 38.2 Å². The number of carbonyl (C=O) groups excluding carboxylic acids is 1. The first-order chi connectivity index (χ1) is 10.2. The Hall–Kier alpha value is -2.21. The molecule has 3 rings (SSSR count). The average molecular weight is 286 g/mol. The molecule has 6 heteroatoms. The number of hydrogen-bond donors (Lipinski definition) is 2. The molecule has 0 unspecified atom stereocenters. The number of hydrogen-bond acceptors (Lipinski definition) is 4. The maximum atomic E-state index is 12.2. The van der Waals surface area contributed by atoms with Gasteiger partial charge >= 0.3 is 0 Å². The Morgan fingerprint density at radius 3 is 2.52 bits per heavy atom. The molecule has 21 heavy (non-hydrogen) atoms. The zero-order valence-electron chi connectivity index (χ0n) is 11.6. The van der Waals surface area contributed by atoms with Crippen LogP contribution in [0.1, 0.15) is 36.0 Å². The Balaban J connectivity index is 1.62. The van der Waals surface area contributed by atoms with Crippen LogP contribution in [0.25, 0.3) is 5.69 Å². The molecule has 1 aliphatic carbocycles. The molecular formula is C15H18N4O2. The topological polar surface area (TPSA) is 80.0 Å². The van der Waals surface area contributed by atoms with Crippen molar-refractivity contribution in [3.63, 3.8) is 0 Å². The predicted molar refractivity (Wildman–Crippen MR) is 77.1 cm³/mol. The van der Waals surface area contributed by atoms with Crippen molar-refractivity contribution in [1.29, 1.82) is 0 Å². The summed E-state index contributed by atoms with van der Waals surface area (Å²) < 4.78 is 1.64. The molecule has 110 valence electrons. The normalized spacial score (nSPS) is 22.0. The third kappa shape index (κ3) is 3.28. The second-order valence-corrected chi connectivity index (χ2v) is 5.37. The molecule has 1 aromatic carbocycles. The molecule has 1 heterocycles. The molecule has 1 aromatic heterocycles. The minimum atomic E-state index is -0.208. The zero-order chi connectivity index (χ0) is 14.7. The van der Waals surface area contributed by atoms with Gasteiger partial charge in [0.05, 0.1) is 24.2 Å². The summed E-state index contributed by atoms with van der Waals surface area (Å²) in [4.78, 5) is 12.2. The van der Waals surface area contributed by atoms with Gasteiger partial charge in [0.1, 0.15) is 0 Å². The number of aliphatic hydroxyl groups is 1. The molecule has 1 amide bonds. The SMILES string of the molecule is O=C(NC1CCC(O)CC1)c1ccc(-n2ccnn2)cc1. The van der Waals surface area contributed by atoms with Crippen molar-refractivity contribution in [2.45, 2.75) is 37.8 Å². The van der Waals surface area contributed by atoms with E-state index in [4.69, 9.17) is 0 Å². The van der Waals surface area contributed by atoms with Gasteiger partial charge in [0.25, 0.3) is 5.91 Å². The van der Waals surface area contributed by atoms with Gasteiger partial charge in [0.2, 0.25) is 0 Å². The maximum absolute atomic E-state index is 12.2. The fourth-order valence-corrected chi connectivity index (χ4v) is 2.60. The lowest BCUT2D eigenvalue weighted by Gasteiger charge is -2.26. The highest BCUT2D eigenvalue weighted by Gasteiger charge is 2.21. The van der Waals surface area contributed by atoms with E-state index in [9.17, 15) is 9.90 Å². The Bertz CT molecular complexity index is 587. The van der Waals surface area contributed by atoms with E-state index in [0.29, 0.717) is 5.56 Å². The Labute approximate surface area is 122 Å². The molecule has 1 aliphatic rings. The number of aliphatic hydroxyl groups excluding tert-OH is 1. The van der Waals surface area contributed by atoms with Crippen LogP contribution in [0.15, 0.2) is 36.7 Å². The molecule has 2 aromatic rings. The van der Waals surface area contributed by atoms with Crippen molar-refractivity contribution in [2.24, 2.45) is 0 Å². The average Bonchev–Trinajstić information content (AvgIpc) is 3.04. The molecule has 0 radical (unpaired) electrons. The van der Waals surface area contributed by atoms with Crippen LogP contribution in [-0.2, 0) is 0 Å². The number of amides is 1. The van der Waals surface area contributed by atoms with Gasteiger partial charge in [-0.05, 0) is 49.9 Å². The number of nitrogens with one attached hydrogen (secondary N) is 1. The van der Waals surface area contributed by atoms with Crippen molar-refractivity contribution in [3.05, 3.63) is 42.2 Å². The number of nitrogens with zero attached hydrogens (tertiary/aromatic N) is 3.